The fraction of sp³-hybridized carbons (Fsp3) is 0.188. The molecule has 2 rings (SSSR count). The van der Waals surface area contributed by atoms with Crippen LogP contribution in [0.5, 0.6) is 11.5 Å². The van der Waals surface area contributed by atoms with Gasteiger partial charge in [0.05, 0.1) is 16.7 Å². The second-order valence-corrected chi connectivity index (χ2v) is 5.19. The summed E-state index contributed by atoms with van der Waals surface area (Å²) in [4.78, 5) is 11.8. The molecule has 116 valence electrons. The molecule has 0 fully saturated rings. The second-order valence-electron chi connectivity index (χ2n) is 4.37. The van der Waals surface area contributed by atoms with Gasteiger partial charge in [0.25, 0.3) is 5.91 Å². The lowest BCUT2D eigenvalue weighted by molar-refractivity contribution is -0.118. The van der Waals surface area contributed by atoms with Crippen LogP contribution in [0.15, 0.2) is 42.5 Å². The zero-order valence-corrected chi connectivity index (χ0v) is 13.4. The number of carbonyl (C=O) groups excluding carboxylic acids is 1. The Morgan fingerprint density at radius 3 is 2.45 bits per heavy atom. The van der Waals surface area contributed by atoms with Crippen molar-refractivity contribution < 1.29 is 14.3 Å². The van der Waals surface area contributed by atoms with Gasteiger partial charge in [-0.15, -0.1) is 0 Å². The third-order valence-corrected chi connectivity index (χ3v) is 3.43. The molecule has 0 atom stereocenters. The number of amides is 1. The van der Waals surface area contributed by atoms with E-state index in [9.17, 15) is 4.79 Å². The van der Waals surface area contributed by atoms with Crippen LogP contribution in [0.1, 0.15) is 6.92 Å². The van der Waals surface area contributed by atoms with Gasteiger partial charge >= 0.3 is 0 Å². The zero-order valence-electron chi connectivity index (χ0n) is 11.9. The molecular formula is C16H15Cl2NO3. The lowest BCUT2D eigenvalue weighted by Crippen LogP contribution is -2.20. The number of nitrogens with one attached hydrogen (secondary N) is 1. The van der Waals surface area contributed by atoms with Crippen molar-refractivity contribution in [3.05, 3.63) is 52.5 Å². The average Bonchev–Trinajstić information content (AvgIpc) is 2.50. The molecule has 0 aliphatic heterocycles. The minimum absolute atomic E-state index is 0.115. The van der Waals surface area contributed by atoms with Crippen LogP contribution >= 0.6 is 23.2 Å². The number of rotatable bonds is 6. The quantitative estimate of drug-likeness (QED) is 0.847. The van der Waals surface area contributed by atoms with Gasteiger partial charge in [0, 0.05) is 11.8 Å². The highest BCUT2D eigenvalue weighted by Crippen LogP contribution is 2.25. The van der Waals surface area contributed by atoms with Crippen LogP contribution in [0.25, 0.3) is 0 Å². The predicted molar refractivity (Wildman–Crippen MR) is 88.2 cm³/mol. The standard InChI is InChI=1S/C16H15Cl2NO3/c1-2-21-12-4-3-5-13(9-12)22-10-16(20)19-11-6-7-14(17)15(18)8-11/h3-9H,2,10H2,1H3,(H,19,20). The molecule has 0 radical (unpaired) electrons. The lowest BCUT2D eigenvalue weighted by Gasteiger charge is -2.09. The SMILES string of the molecule is CCOc1cccc(OCC(=O)Nc2ccc(Cl)c(Cl)c2)c1. The third kappa shape index (κ3) is 4.83. The highest BCUT2D eigenvalue weighted by molar-refractivity contribution is 6.42. The van der Waals surface area contributed by atoms with Crippen LogP contribution in [0.3, 0.4) is 0 Å². The molecule has 22 heavy (non-hydrogen) atoms. The van der Waals surface area contributed by atoms with E-state index in [1.165, 1.54) is 0 Å². The number of benzene rings is 2. The van der Waals surface area contributed by atoms with Gasteiger partial charge in [-0.1, -0.05) is 29.3 Å². The maximum atomic E-state index is 11.8. The summed E-state index contributed by atoms with van der Waals surface area (Å²) in [6.07, 6.45) is 0. The number of anilines is 1. The van der Waals surface area contributed by atoms with Crippen LogP contribution in [0.2, 0.25) is 10.0 Å². The molecule has 0 saturated carbocycles. The summed E-state index contributed by atoms with van der Waals surface area (Å²) in [6, 6.07) is 12.0. The highest BCUT2D eigenvalue weighted by atomic mass is 35.5. The summed E-state index contributed by atoms with van der Waals surface area (Å²) < 4.78 is 10.8. The van der Waals surface area contributed by atoms with Crippen LogP contribution in [0.4, 0.5) is 5.69 Å². The van der Waals surface area contributed by atoms with Crippen LogP contribution in [0, 0.1) is 0 Å². The van der Waals surface area contributed by atoms with Crippen LogP contribution in [-0.4, -0.2) is 19.1 Å². The molecule has 0 aliphatic rings. The Kier molecular flexibility index (Phi) is 5.92. The molecule has 0 heterocycles. The molecule has 0 bridgehead atoms. The molecule has 4 nitrogen and oxygen atoms in total. The Morgan fingerprint density at radius 1 is 1.05 bits per heavy atom. The molecule has 0 spiro atoms. The van der Waals surface area contributed by atoms with Crippen molar-refractivity contribution in [3.63, 3.8) is 0 Å². The molecule has 0 unspecified atom stereocenters. The van der Waals surface area contributed by atoms with Gasteiger partial charge < -0.3 is 14.8 Å². The molecule has 6 heteroatoms. The first-order valence-corrected chi connectivity index (χ1v) is 7.44. The smallest absolute Gasteiger partial charge is 0.262 e. The molecule has 2 aromatic rings. The van der Waals surface area contributed by atoms with Crippen molar-refractivity contribution in [2.24, 2.45) is 0 Å². The summed E-state index contributed by atoms with van der Waals surface area (Å²) in [7, 11) is 0. The van der Waals surface area contributed by atoms with Crippen molar-refractivity contribution >= 4 is 34.8 Å². The summed E-state index contributed by atoms with van der Waals surface area (Å²) in [6.45, 7) is 2.36. The van der Waals surface area contributed by atoms with Gasteiger partial charge in [0.1, 0.15) is 11.5 Å². The predicted octanol–water partition coefficient (Wildman–Crippen LogP) is 4.41. The van der Waals surface area contributed by atoms with Gasteiger partial charge in [-0.2, -0.15) is 0 Å². The largest absolute Gasteiger partial charge is 0.494 e. The fourth-order valence-corrected chi connectivity index (χ4v) is 2.04. The van der Waals surface area contributed by atoms with E-state index in [1.807, 2.05) is 13.0 Å². The zero-order chi connectivity index (χ0) is 15.9. The molecule has 0 saturated heterocycles. The number of hydrogen-bond acceptors (Lipinski definition) is 3. The maximum Gasteiger partial charge on any atom is 0.262 e. The number of hydrogen-bond donors (Lipinski definition) is 1. The summed E-state index contributed by atoms with van der Waals surface area (Å²) in [5, 5.41) is 3.50. The van der Waals surface area contributed by atoms with E-state index in [2.05, 4.69) is 5.32 Å². The van der Waals surface area contributed by atoms with Crippen molar-refractivity contribution in [2.75, 3.05) is 18.5 Å². The molecule has 1 N–H and O–H groups in total. The average molecular weight is 340 g/mol. The van der Waals surface area contributed by atoms with E-state index in [0.29, 0.717) is 33.8 Å². The fourth-order valence-electron chi connectivity index (χ4n) is 1.74. The molecular weight excluding hydrogens is 325 g/mol. The van der Waals surface area contributed by atoms with E-state index in [-0.39, 0.29) is 12.5 Å². The Morgan fingerprint density at radius 2 is 1.77 bits per heavy atom. The Balaban J connectivity index is 1.89. The molecule has 1 amide bonds. The molecule has 2 aromatic carbocycles. The van der Waals surface area contributed by atoms with E-state index >= 15 is 0 Å². The summed E-state index contributed by atoms with van der Waals surface area (Å²) >= 11 is 11.7. The number of carbonyl (C=O) groups is 1. The normalized spacial score (nSPS) is 10.1. The summed E-state index contributed by atoms with van der Waals surface area (Å²) in [5.74, 6) is 0.973. The van der Waals surface area contributed by atoms with E-state index in [4.69, 9.17) is 32.7 Å². The maximum absolute atomic E-state index is 11.8. The molecule has 0 aliphatic carbocycles. The monoisotopic (exact) mass is 339 g/mol. The van der Waals surface area contributed by atoms with Gasteiger partial charge in [-0.05, 0) is 37.3 Å². The first kappa shape index (κ1) is 16.5. The van der Waals surface area contributed by atoms with Crippen molar-refractivity contribution in [1.29, 1.82) is 0 Å². The van der Waals surface area contributed by atoms with Crippen LogP contribution in [-0.2, 0) is 4.79 Å². The first-order valence-electron chi connectivity index (χ1n) is 6.69. The number of ether oxygens (including phenoxy) is 2. The van der Waals surface area contributed by atoms with Crippen molar-refractivity contribution in [2.45, 2.75) is 6.92 Å². The van der Waals surface area contributed by atoms with Crippen molar-refractivity contribution in [3.8, 4) is 11.5 Å². The van der Waals surface area contributed by atoms with Gasteiger partial charge in [-0.3, -0.25) is 4.79 Å². The van der Waals surface area contributed by atoms with E-state index in [0.717, 1.165) is 0 Å². The second kappa shape index (κ2) is 7.92. The van der Waals surface area contributed by atoms with E-state index < -0.39 is 0 Å². The highest BCUT2D eigenvalue weighted by Gasteiger charge is 2.06. The minimum Gasteiger partial charge on any atom is -0.494 e. The van der Waals surface area contributed by atoms with Crippen molar-refractivity contribution in [1.82, 2.24) is 0 Å². The summed E-state index contributed by atoms with van der Waals surface area (Å²) in [5.41, 5.74) is 0.561. The van der Waals surface area contributed by atoms with Gasteiger partial charge in [0.15, 0.2) is 6.61 Å². The lowest BCUT2D eigenvalue weighted by atomic mass is 10.3. The molecule has 0 aromatic heterocycles. The van der Waals surface area contributed by atoms with Gasteiger partial charge in [0.2, 0.25) is 0 Å². The van der Waals surface area contributed by atoms with Crippen LogP contribution < -0.4 is 14.8 Å². The Hall–Kier alpha value is -1.91. The first-order chi connectivity index (χ1) is 10.6. The van der Waals surface area contributed by atoms with Gasteiger partial charge in [-0.25, -0.2) is 0 Å². The van der Waals surface area contributed by atoms with E-state index in [1.54, 1.807) is 36.4 Å². The number of halogens is 2. The Bertz CT molecular complexity index is 662. The minimum atomic E-state index is -0.291. The third-order valence-electron chi connectivity index (χ3n) is 2.69. The topological polar surface area (TPSA) is 47.6 Å². The Labute approximate surface area is 138 Å².